The summed E-state index contributed by atoms with van der Waals surface area (Å²) in [6.45, 7) is 5.97. The third-order valence-corrected chi connectivity index (χ3v) is 3.23. The van der Waals surface area contributed by atoms with Crippen LogP contribution in [0.1, 0.15) is 37.9 Å². The van der Waals surface area contributed by atoms with Crippen molar-refractivity contribution in [1.82, 2.24) is 5.32 Å². The summed E-state index contributed by atoms with van der Waals surface area (Å²) in [7, 11) is 0. The van der Waals surface area contributed by atoms with Gasteiger partial charge in [-0.25, -0.2) is 0 Å². The van der Waals surface area contributed by atoms with Gasteiger partial charge in [-0.15, -0.1) is 0 Å². The van der Waals surface area contributed by atoms with Crippen LogP contribution < -0.4 is 10.6 Å². The molecule has 0 unspecified atom stereocenters. The largest absolute Gasteiger partial charge is 0.394 e. The van der Waals surface area contributed by atoms with Gasteiger partial charge in [0.2, 0.25) is 0 Å². The quantitative estimate of drug-likeness (QED) is 0.726. The van der Waals surface area contributed by atoms with E-state index in [0.29, 0.717) is 5.57 Å². The summed E-state index contributed by atoms with van der Waals surface area (Å²) in [6.07, 6.45) is 1.81. The molecule has 0 saturated heterocycles. The minimum absolute atomic E-state index is 0.0313. The van der Waals surface area contributed by atoms with Crippen molar-refractivity contribution in [3.63, 3.8) is 0 Å². The number of rotatable bonds is 4. The fraction of sp³-hybridized carbons (Fsp3) is 0.400. The van der Waals surface area contributed by atoms with Crippen LogP contribution in [0.3, 0.4) is 0 Å². The number of fused-ring (bicyclic) bond motifs is 1. The van der Waals surface area contributed by atoms with Crippen LogP contribution in [0.4, 0.5) is 5.69 Å². The van der Waals surface area contributed by atoms with Crippen molar-refractivity contribution >= 4 is 17.2 Å². The maximum atomic E-state index is 11.7. The van der Waals surface area contributed by atoms with Gasteiger partial charge in [-0.2, -0.15) is 0 Å². The van der Waals surface area contributed by atoms with Crippen molar-refractivity contribution in [2.75, 3.05) is 11.9 Å². The van der Waals surface area contributed by atoms with E-state index in [9.17, 15) is 9.90 Å². The van der Waals surface area contributed by atoms with Crippen LogP contribution in [0.2, 0.25) is 0 Å². The van der Waals surface area contributed by atoms with Crippen LogP contribution in [-0.4, -0.2) is 23.7 Å². The second kappa shape index (κ2) is 5.55. The highest BCUT2D eigenvalue weighted by atomic mass is 16.3. The third kappa shape index (κ3) is 2.69. The highest BCUT2D eigenvalue weighted by Gasteiger charge is 2.24. The number of aliphatic hydroxyl groups is 1. The first kappa shape index (κ1) is 13.8. The molecule has 1 aromatic rings. The van der Waals surface area contributed by atoms with Gasteiger partial charge in [-0.1, -0.05) is 26.0 Å². The first-order valence-electron chi connectivity index (χ1n) is 6.55. The maximum absolute atomic E-state index is 11.7. The van der Waals surface area contributed by atoms with Gasteiger partial charge in [0, 0.05) is 22.9 Å². The zero-order valence-corrected chi connectivity index (χ0v) is 11.5. The Morgan fingerprint density at radius 1 is 1.42 bits per heavy atom. The number of anilines is 1. The molecule has 0 aromatic heterocycles. The van der Waals surface area contributed by atoms with Crippen LogP contribution in [0.15, 0.2) is 24.3 Å². The zero-order valence-electron chi connectivity index (χ0n) is 11.5. The number of carbonyl (C=O) groups excluding carboxylic acids is 1. The smallest absolute Gasteiger partial charge is 0.256 e. The van der Waals surface area contributed by atoms with Gasteiger partial charge in [0.15, 0.2) is 0 Å². The fourth-order valence-corrected chi connectivity index (χ4v) is 2.37. The number of benzene rings is 1. The van der Waals surface area contributed by atoms with Gasteiger partial charge in [0.25, 0.3) is 5.91 Å². The van der Waals surface area contributed by atoms with Gasteiger partial charge in [0.1, 0.15) is 0 Å². The Morgan fingerprint density at radius 2 is 2.16 bits per heavy atom. The van der Waals surface area contributed by atoms with E-state index in [1.807, 2.05) is 45.0 Å². The average Bonchev–Trinajstić information content (AvgIpc) is 2.69. The summed E-state index contributed by atoms with van der Waals surface area (Å²) in [4.78, 5) is 11.7. The van der Waals surface area contributed by atoms with Crippen molar-refractivity contribution in [2.45, 2.75) is 32.9 Å². The number of nitrogens with one attached hydrogen (secondary N) is 2. The van der Waals surface area contributed by atoms with Crippen LogP contribution in [0.5, 0.6) is 0 Å². The highest BCUT2D eigenvalue weighted by Crippen LogP contribution is 2.33. The molecule has 0 fully saturated rings. The lowest BCUT2D eigenvalue weighted by atomic mass is 9.99. The number of amides is 1. The Balaban J connectivity index is 2.36. The molecule has 1 aliphatic rings. The number of allylic oxidation sites excluding steroid dienone is 1. The molecular weight excluding hydrogens is 240 g/mol. The van der Waals surface area contributed by atoms with Crippen molar-refractivity contribution < 1.29 is 9.90 Å². The van der Waals surface area contributed by atoms with E-state index in [1.165, 1.54) is 0 Å². The Bertz CT molecular complexity index is 521. The van der Waals surface area contributed by atoms with Crippen LogP contribution >= 0.6 is 0 Å². The summed E-state index contributed by atoms with van der Waals surface area (Å²) >= 11 is 0. The SMILES string of the molecule is C/C=C1\C(=O)Nc2ccc([C@H](CO)NC(C)C)cc21. The van der Waals surface area contributed by atoms with E-state index in [4.69, 9.17) is 0 Å². The Morgan fingerprint density at radius 3 is 2.74 bits per heavy atom. The summed E-state index contributed by atoms with van der Waals surface area (Å²) in [5.74, 6) is -0.0629. The lowest BCUT2D eigenvalue weighted by Gasteiger charge is -2.20. The van der Waals surface area contributed by atoms with E-state index in [1.54, 1.807) is 0 Å². The molecule has 4 heteroatoms. The number of aliphatic hydroxyl groups excluding tert-OH is 1. The van der Waals surface area contributed by atoms with E-state index in [2.05, 4.69) is 10.6 Å². The van der Waals surface area contributed by atoms with E-state index >= 15 is 0 Å². The van der Waals surface area contributed by atoms with Crippen molar-refractivity contribution in [1.29, 1.82) is 0 Å². The van der Waals surface area contributed by atoms with Crippen LogP contribution in [-0.2, 0) is 4.79 Å². The standard InChI is InChI=1S/C15H20N2O2/c1-4-11-12-7-10(14(8-18)16-9(2)3)5-6-13(12)17-15(11)19/h4-7,9,14,16,18H,8H2,1-3H3,(H,17,19)/b11-4-/t14-/m0/s1. The van der Waals surface area contributed by atoms with Gasteiger partial charge in [-0.3, -0.25) is 4.79 Å². The molecule has 1 aromatic carbocycles. The topological polar surface area (TPSA) is 61.4 Å². The molecule has 4 nitrogen and oxygen atoms in total. The van der Waals surface area contributed by atoms with Crippen LogP contribution in [0.25, 0.3) is 5.57 Å². The fourth-order valence-electron chi connectivity index (χ4n) is 2.37. The normalized spacial score (nSPS) is 17.7. The lowest BCUT2D eigenvalue weighted by Crippen LogP contribution is -2.30. The molecule has 0 bridgehead atoms. The van der Waals surface area contributed by atoms with Gasteiger partial charge in [-0.05, 0) is 24.6 Å². The van der Waals surface area contributed by atoms with E-state index in [-0.39, 0.29) is 24.6 Å². The summed E-state index contributed by atoms with van der Waals surface area (Å²) in [5, 5.41) is 15.6. The Labute approximate surface area is 113 Å². The molecular formula is C15H20N2O2. The Kier molecular flexibility index (Phi) is 4.02. The van der Waals surface area contributed by atoms with E-state index in [0.717, 1.165) is 16.8 Å². The molecule has 0 radical (unpaired) electrons. The van der Waals surface area contributed by atoms with Crippen molar-refractivity contribution in [3.8, 4) is 0 Å². The lowest BCUT2D eigenvalue weighted by molar-refractivity contribution is -0.110. The predicted molar refractivity (Wildman–Crippen MR) is 76.8 cm³/mol. The molecule has 19 heavy (non-hydrogen) atoms. The second-order valence-corrected chi connectivity index (χ2v) is 5.02. The average molecular weight is 260 g/mol. The van der Waals surface area contributed by atoms with Gasteiger partial charge >= 0.3 is 0 Å². The summed E-state index contributed by atoms with van der Waals surface area (Å²) in [6, 6.07) is 5.97. The van der Waals surface area contributed by atoms with Gasteiger partial charge in [0.05, 0.1) is 12.6 Å². The molecule has 0 saturated carbocycles. The molecule has 102 valence electrons. The molecule has 3 N–H and O–H groups in total. The molecule has 0 aliphatic carbocycles. The van der Waals surface area contributed by atoms with Crippen LogP contribution in [0, 0.1) is 0 Å². The first-order chi connectivity index (χ1) is 9.06. The molecule has 0 spiro atoms. The second-order valence-electron chi connectivity index (χ2n) is 5.02. The Hall–Kier alpha value is -1.65. The highest BCUT2D eigenvalue weighted by molar-refractivity contribution is 6.31. The minimum Gasteiger partial charge on any atom is -0.394 e. The third-order valence-electron chi connectivity index (χ3n) is 3.23. The summed E-state index contributed by atoms with van der Waals surface area (Å²) in [5.41, 5.74) is 3.43. The number of hydrogen-bond acceptors (Lipinski definition) is 3. The molecule has 1 aliphatic heterocycles. The zero-order chi connectivity index (χ0) is 14.0. The minimum atomic E-state index is -0.112. The molecule has 1 heterocycles. The summed E-state index contributed by atoms with van der Waals surface area (Å²) < 4.78 is 0. The van der Waals surface area contributed by atoms with Gasteiger partial charge < -0.3 is 15.7 Å². The van der Waals surface area contributed by atoms with Crippen molar-refractivity contribution in [3.05, 3.63) is 35.4 Å². The maximum Gasteiger partial charge on any atom is 0.256 e. The molecule has 1 amide bonds. The van der Waals surface area contributed by atoms with E-state index < -0.39 is 0 Å². The molecule has 2 rings (SSSR count). The monoisotopic (exact) mass is 260 g/mol. The molecule has 1 atom stereocenters. The van der Waals surface area contributed by atoms with Crippen molar-refractivity contribution in [2.24, 2.45) is 0 Å². The number of hydrogen-bond donors (Lipinski definition) is 3. The first-order valence-corrected chi connectivity index (χ1v) is 6.55. The number of carbonyl (C=O) groups is 1. The predicted octanol–water partition coefficient (Wildman–Crippen LogP) is 2.07.